The minimum absolute atomic E-state index is 0.00343. The molecule has 1 saturated heterocycles. The van der Waals surface area contributed by atoms with E-state index < -0.39 is 30.5 Å². The molecule has 0 aliphatic carbocycles. The predicted molar refractivity (Wildman–Crippen MR) is 44.6 cm³/mol. The maximum atomic E-state index is 11.9. The van der Waals surface area contributed by atoms with Crippen LogP contribution in [0.5, 0.6) is 0 Å². The first-order valence-corrected chi connectivity index (χ1v) is 4.27. The average molecular weight is 223 g/mol. The summed E-state index contributed by atoms with van der Waals surface area (Å²) in [4.78, 5) is 21.9. The van der Waals surface area contributed by atoms with Gasteiger partial charge in [-0.05, 0) is 6.92 Å². The Morgan fingerprint density at radius 3 is 2.47 bits per heavy atom. The van der Waals surface area contributed by atoms with E-state index >= 15 is 0 Å². The highest BCUT2D eigenvalue weighted by Gasteiger charge is 2.44. The van der Waals surface area contributed by atoms with Gasteiger partial charge in [0, 0.05) is 0 Å². The number of ether oxygens (including phenoxy) is 1. The highest BCUT2D eigenvalue weighted by molar-refractivity contribution is 5.80. The molecule has 0 radical (unpaired) electrons. The molecule has 5 nitrogen and oxygen atoms in total. The van der Waals surface area contributed by atoms with Crippen LogP contribution in [0.4, 0.5) is 8.78 Å². The highest BCUT2D eigenvalue weighted by atomic mass is 19.3. The van der Waals surface area contributed by atoms with Gasteiger partial charge in [-0.25, -0.2) is 4.79 Å². The molecule has 1 aliphatic rings. The quantitative estimate of drug-likeness (QED) is 0.725. The van der Waals surface area contributed by atoms with Gasteiger partial charge in [-0.15, -0.1) is 0 Å². The fraction of sp³-hybridized carbons (Fsp3) is 0.750. The van der Waals surface area contributed by atoms with Crippen molar-refractivity contribution in [3.8, 4) is 0 Å². The minimum Gasteiger partial charge on any atom is -0.480 e. The predicted octanol–water partition coefficient (Wildman–Crippen LogP) is -0.0464. The van der Waals surface area contributed by atoms with E-state index in [1.54, 1.807) is 6.92 Å². The summed E-state index contributed by atoms with van der Waals surface area (Å²) in [6, 6.07) is 0. The van der Waals surface area contributed by atoms with Crippen LogP contribution in [-0.4, -0.2) is 53.6 Å². The molecule has 0 spiro atoms. The molecule has 1 aliphatic heterocycles. The number of likely N-dealkylation sites (tertiary alicyclic amines) is 1. The van der Waals surface area contributed by atoms with Crippen LogP contribution >= 0.6 is 0 Å². The Bertz CT molecular complexity index is 276. The Morgan fingerprint density at radius 1 is 1.53 bits per heavy atom. The van der Waals surface area contributed by atoms with Gasteiger partial charge in [0.2, 0.25) is 0 Å². The lowest BCUT2D eigenvalue weighted by molar-refractivity contribution is -0.179. The fourth-order valence-corrected chi connectivity index (χ4v) is 1.38. The van der Waals surface area contributed by atoms with Crippen LogP contribution in [0.1, 0.15) is 6.92 Å². The molecule has 0 aromatic rings. The number of rotatable bonds is 4. The molecule has 0 saturated carbocycles. The van der Waals surface area contributed by atoms with Gasteiger partial charge in [-0.2, -0.15) is 8.78 Å². The maximum Gasteiger partial charge on any atom is 0.329 e. The summed E-state index contributed by atoms with van der Waals surface area (Å²) < 4.78 is 28.8. The van der Waals surface area contributed by atoms with Crippen LogP contribution in [0.25, 0.3) is 0 Å². The van der Waals surface area contributed by atoms with Crippen LogP contribution in [-0.2, 0) is 14.3 Å². The largest absolute Gasteiger partial charge is 0.480 e. The van der Waals surface area contributed by atoms with Gasteiger partial charge in [0.1, 0.15) is 12.2 Å². The lowest BCUT2D eigenvalue weighted by atomic mass is 9.96. The molecule has 0 atom stereocenters. The van der Waals surface area contributed by atoms with Gasteiger partial charge < -0.3 is 14.7 Å². The van der Waals surface area contributed by atoms with Crippen LogP contribution in [0.2, 0.25) is 0 Å². The Labute approximate surface area is 84.6 Å². The number of carboxylic acids is 1. The van der Waals surface area contributed by atoms with Crippen molar-refractivity contribution in [3.05, 3.63) is 0 Å². The number of carbonyl (C=O) groups excluding carboxylic acids is 1. The summed E-state index contributed by atoms with van der Waals surface area (Å²) in [5.74, 6) is -2.37. The summed E-state index contributed by atoms with van der Waals surface area (Å²) in [6.45, 7) is 1.09. The Hall–Kier alpha value is -1.24. The van der Waals surface area contributed by atoms with Crippen molar-refractivity contribution in [2.45, 2.75) is 19.0 Å². The smallest absolute Gasteiger partial charge is 0.329 e. The van der Waals surface area contributed by atoms with Crippen molar-refractivity contribution in [2.24, 2.45) is 0 Å². The summed E-state index contributed by atoms with van der Waals surface area (Å²) >= 11 is 0. The van der Waals surface area contributed by atoms with E-state index in [1.807, 2.05) is 0 Å². The second-order valence-corrected chi connectivity index (χ2v) is 3.63. The third-order valence-electron chi connectivity index (χ3n) is 2.09. The van der Waals surface area contributed by atoms with E-state index in [2.05, 4.69) is 0 Å². The molecule has 86 valence electrons. The number of carbonyl (C=O) groups is 2. The van der Waals surface area contributed by atoms with Gasteiger partial charge >= 0.3 is 12.4 Å². The monoisotopic (exact) mass is 223 g/mol. The number of hydrogen-bond acceptors (Lipinski definition) is 3. The molecule has 1 N–H and O–H groups in total. The molecule has 7 heteroatoms. The normalized spacial score (nSPS) is 18.8. The van der Waals surface area contributed by atoms with E-state index in [9.17, 15) is 18.4 Å². The zero-order valence-corrected chi connectivity index (χ0v) is 8.07. The van der Waals surface area contributed by atoms with E-state index in [0.717, 1.165) is 4.90 Å². The Balaban J connectivity index is 2.34. The second kappa shape index (κ2) is 4.09. The number of aliphatic carboxylic acids is 1. The molecule has 1 fully saturated rings. The van der Waals surface area contributed by atoms with Crippen LogP contribution in [0.3, 0.4) is 0 Å². The van der Waals surface area contributed by atoms with Crippen molar-refractivity contribution in [2.75, 3.05) is 19.7 Å². The van der Waals surface area contributed by atoms with Gasteiger partial charge in [0.15, 0.2) is 0 Å². The summed E-state index contributed by atoms with van der Waals surface area (Å²) in [7, 11) is 0. The molecule has 0 bridgehead atoms. The van der Waals surface area contributed by atoms with E-state index in [4.69, 9.17) is 9.84 Å². The lowest BCUT2D eigenvalue weighted by Crippen LogP contribution is -2.64. The average Bonchev–Trinajstić information content (AvgIpc) is 2.08. The summed E-state index contributed by atoms with van der Waals surface area (Å²) in [5.41, 5.74) is -0.817. The van der Waals surface area contributed by atoms with Crippen molar-refractivity contribution >= 4 is 11.9 Å². The molecule has 0 aromatic heterocycles. The number of alkyl halides is 2. The minimum atomic E-state index is -3.02. The first-order chi connectivity index (χ1) is 6.84. The van der Waals surface area contributed by atoms with Crippen LogP contribution in [0.15, 0.2) is 0 Å². The second-order valence-electron chi connectivity index (χ2n) is 3.63. The molecule has 1 rings (SSSR count). The molecule has 1 amide bonds. The molecule has 15 heavy (non-hydrogen) atoms. The van der Waals surface area contributed by atoms with Crippen LogP contribution < -0.4 is 0 Å². The third kappa shape index (κ3) is 2.85. The van der Waals surface area contributed by atoms with Crippen molar-refractivity contribution < 1.29 is 28.2 Å². The van der Waals surface area contributed by atoms with E-state index in [0.29, 0.717) is 0 Å². The molecular formula is C8H11F2NO4. The summed E-state index contributed by atoms with van der Waals surface area (Å²) in [5, 5.41) is 8.33. The molecule has 0 unspecified atom stereocenters. The van der Waals surface area contributed by atoms with E-state index in [1.165, 1.54) is 0 Å². The number of nitrogens with zero attached hydrogens (tertiary/aromatic N) is 1. The van der Waals surface area contributed by atoms with Crippen molar-refractivity contribution in [1.82, 2.24) is 4.90 Å². The van der Waals surface area contributed by atoms with Crippen molar-refractivity contribution in [3.63, 3.8) is 0 Å². The van der Waals surface area contributed by atoms with Crippen molar-refractivity contribution in [1.29, 1.82) is 0 Å². The van der Waals surface area contributed by atoms with Gasteiger partial charge in [-0.3, -0.25) is 4.79 Å². The lowest BCUT2D eigenvalue weighted by Gasteiger charge is -2.46. The zero-order valence-electron chi connectivity index (χ0n) is 8.07. The SMILES string of the molecule is CC1(OCC(=O)O)CN(C(=O)C(F)F)C1. The standard InChI is InChI=1S/C8H11F2NO4/c1-8(15-2-5(12)13)3-11(4-8)7(14)6(9)10/h6H,2-4H2,1H3,(H,12,13). The first-order valence-electron chi connectivity index (χ1n) is 4.27. The van der Waals surface area contributed by atoms with Gasteiger partial charge in [-0.1, -0.05) is 0 Å². The van der Waals surface area contributed by atoms with E-state index in [-0.39, 0.29) is 13.1 Å². The van der Waals surface area contributed by atoms with Gasteiger partial charge in [0.05, 0.1) is 13.1 Å². The topological polar surface area (TPSA) is 66.8 Å². The fourth-order valence-electron chi connectivity index (χ4n) is 1.38. The maximum absolute atomic E-state index is 11.9. The Kier molecular flexibility index (Phi) is 3.23. The molecule has 1 heterocycles. The Morgan fingerprint density at radius 2 is 2.07 bits per heavy atom. The number of hydrogen-bond donors (Lipinski definition) is 1. The zero-order chi connectivity index (χ0) is 11.6. The first kappa shape index (κ1) is 11.8. The number of amides is 1. The molecule has 0 aromatic carbocycles. The highest BCUT2D eigenvalue weighted by Crippen LogP contribution is 2.25. The molecular weight excluding hydrogens is 212 g/mol. The van der Waals surface area contributed by atoms with Crippen LogP contribution in [0, 0.1) is 0 Å². The number of halogens is 2. The van der Waals surface area contributed by atoms with Gasteiger partial charge in [0.25, 0.3) is 5.91 Å². The summed E-state index contributed by atoms with van der Waals surface area (Å²) in [6.07, 6.45) is -3.02. The number of carboxylic acid groups (broad SMARTS) is 1. The third-order valence-corrected chi connectivity index (χ3v) is 2.09.